The first kappa shape index (κ1) is 28.8. The Kier molecular flexibility index (Phi) is 9.71. The number of pyridine rings is 1. The molecule has 0 aliphatic rings. The zero-order valence-electron chi connectivity index (χ0n) is 24.5. The summed E-state index contributed by atoms with van der Waals surface area (Å²) in [6, 6.07) is 15.0. The fraction of sp³-hybridized carbons (Fsp3) is 0.457. The number of nitrogens with zero attached hydrogens (tertiary/aromatic N) is 2. The Hall–Kier alpha value is -3.67. The molecule has 41 heavy (non-hydrogen) atoms. The van der Waals surface area contributed by atoms with Gasteiger partial charge in [-0.1, -0.05) is 109 Å². The second-order valence-corrected chi connectivity index (χ2v) is 11.6. The number of nitrogens with two attached hydrogens (primary N) is 1. The molecule has 0 saturated carbocycles. The molecule has 3 aromatic carbocycles. The average Bonchev–Trinajstić information content (AvgIpc) is 3.35. The Balaban J connectivity index is 1.19. The van der Waals surface area contributed by atoms with E-state index >= 15 is 0 Å². The fourth-order valence-corrected chi connectivity index (χ4v) is 6.32. The maximum atomic E-state index is 13.7. The third-order valence-corrected chi connectivity index (χ3v) is 8.51. The van der Waals surface area contributed by atoms with Crippen molar-refractivity contribution in [3.8, 4) is 0 Å². The summed E-state index contributed by atoms with van der Waals surface area (Å²) in [5.74, 6) is 0. The van der Waals surface area contributed by atoms with Gasteiger partial charge in [-0.05, 0) is 48.7 Å². The lowest BCUT2D eigenvalue weighted by Crippen LogP contribution is -2.19. The molecule has 3 N–H and O–H groups in total. The highest BCUT2D eigenvalue weighted by molar-refractivity contribution is 6.19. The van der Waals surface area contributed by atoms with Crippen LogP contribution in [0.15, 0.2) is 53.3 Å². The van der Waals surface area contributed by atoms with E-state index in [4.69, 9.17) is 10.7 Å². The minimum atomic E-state index is -0.633. The highest BCUT2D eigenvalue weighted by Crippen LogP contribution is 2.34. The molecule has 0 bridgehead atoms. The summed E-state index contributed by atoms with van der Waals surface area (Å²) in [6.07, 6.45) is 20.0. The van der Waals surface area contributed by atoms with E-state index in [9.17, 15) is 9.59 Å². The Morgan fingerprint density at radius 1 is 0.780 bits per heavy atom. The Morgan fingerprint density at radius 2 is 1.41 bits per heavy atom. The van der Waals surface area contributed by atoms with E-state index in [1.54, 1.807) is 4.40 Å². The van der Waals surface area contributed by atoms with Crippen LogP contribution < -0.4 is 16.6 Å². The minimum absolute atomic E-state index is 0.0922. The van der Waals surface area contributed by atoms with Crippen molar-refractivity contribution in [3.05, 3.63) is 64.4 Å². The van der Waals surface area contributed by atoms with Crippen LogP contribution in [0, 0.1) is 0 Å². The quantitative estimate of drug-likeness (QED) is 0.120. The molecule has 0 radical (unpaired) electrons. The van der Waals surface area contributed by atoms with Crippen LogP contribution in [0.25, 0.3) is 38.2 Å². The minimum Gasteiger partial charge on any atom is -0.351 e. The fourth-order valence-electron chi connectivity index (χ4n) is 6.32. The molecule has 2 heterocycles. The number of aromatic nitrogens is 2. The number of hydrogen-bond donors (Lipinski definition) is 2. The predicted octanol–water partition coefficient (Wildman–Crippen LogP) is 9.11. The van der Waals surface area contributed by atoms with E-state index in [0.717, 1.165) is 40.0 Å². The number of rotatable bonds is 16. The number of amides is 2. The van der Waals surface area contributed by atoms with E-state index < -0.39 is 6.03 Å². The van der Waals surface area contributed by atoms with Crippen LogP contribution in [-0.2, 0) is 6.42 Å². The van der Waals surface area contributed by atoms with Crippen molar-refractivity contribution >= 4 is 49.9 Å². The summed E-state index contributed by atoms with van der Waals surface area (Å²) >= 11 is 0. The van der Waals surface area contributed by atoms with Gasteiger partial charge in [-0.15, -0.1) is 0 Å². The molecular weight excluding hydrogens is 508 g/mol. The third-order valence-electron chi connectivity index (χ3n) is 8.51. The number of nitrogens with one attached hydrogen (secondary N) is 1. The van der Waals surface area contributed by atoms with E-state index in [0.29, 0.717) is 16.7 Å². The van der Waals surface area contributed by atoms with Crippen LogP contribution >= 0.6 is 0 Å². The molecule has 0 spiro atoms. The number of aryl methyl sites for hydroxylation is 1. The van der Waals surface area contributed by atoms with Gasteiger partial charge in [-0.25, -0.2) is 9.78 Å². The van der Waals surface area contributed by atoms with Crippen molar-refractivity contribution in [1.29, 1.82) is 0 Å². The van der Waals surface area contributed by atoms with Crippen molar-refractivity contribution in [2.45, 2.75) is 103 Å². The highest BCUT2D eigenvalue weighted by Gasteiger charge is 2.18. The molecule has 0 aliphatic heterocycles. The highest BCUT2D eigenvalue weighted by atomic mass is 16.2. The standard InChI is InChI=1S/C35H44N4O2/c1-2-3-4-5-6-7-8-9-10-11-12-13-14-15-17-25-20-22-30-31(24-25)39-33(37-30)27-21-23-29(38-35(36)41)26-18-16-19-28(32(26)27)34(39)40/h16,18-24H,2-15,17H2,1H3,(H3,36,38,41). The number of carbonyl (C=O) groups is 1. The van der Waals surface area contributed by atoms with Gasteiger partial charge < -0.3 is 11.1 Å². The summed E-state index contributed by atoms with van der Waals surface area (Å²) in [5, 5.41) is 5.75. The molecule has 0 saturated heterocycles. The van der Waals surface area contributed by atoms with Crippen LogP contribution in [0.5, 0.6) is 0 Å². The molecule has 5 aromatic rings. The van der Waals surface area contributed by atoms with Gasteiger partial charge in [0, 0.05) is 21.5 Å². The third kappa shape index (κ3) is 6.64. The van der Waals surface area contributed by atoms with Gasteiger partial charge in [-0.2, -0.15) is 0 Å². The lowest BCUT2D eigenvalue weighted by Gasteiger charge is -2.11. The topological polar surface area (TPSA) is 89.5 Å². The first-order valence-electron chi connectivity index (χ1n) is 15.8. The summed E-state index contributed by atoms with van der Waals surface area (Å²) in [6.45, 7) is 2.28. The van der Waals surface area contributed by atoms with Crippen LogP contribution in [-0.4, -0.2) is 15.4 Å². The van der Waals surface area contributed by atoms with Crippen molar-refractivity contribution in [2.75, 3.05) is 5.32 Å². The Bertz CT molecular complexity index is 1670. The van der Waals surface area contributed by atoms with E-state index in [1.807, 2.05) is 36.4 Å². The zero-order valence-corrected chi connectivity index (χ0v) is 24.5. The van der Waals surface area contributed by atoms with Gasteiger partial charge in [0.1, 0.15) is 5.65 Å². The number of fused-ring (bicyclic) bond motifs is 4. The number of unbranched alkanes of at least 4 members (excludes halogenated alkanes) is 13. The van der Waals surface area contributed by atoms with Crippen LogP contribution in [0.3, 0.4) is 0 Å². The summed E-state index contributed by atoms with van der Waals surface area (Å²) < 4.78 is 1.75. The monoisotopic (exact) mass is 552 g/mol. The van der Waals surface area contributed by atoms with Crippen LogP contribution in [0.2, 0.25) is 0 Å². The van der Waals surface area contributed by atoms with Crippen molar-refractivity contribution < 1.29 is 4.79 Å². The number of urea groups is 1. The average molecular weight is 553 g/mol. The van der Waals surface area contributed by atoms with E-state index in [-0.39, 0.29) is 5.56 Å². The maximum Gasteiger partial charge on any atom is 0.316 e. The lowest BCUT2D eigenvalue weighted by atomic mass is 10.0. The number of primary amides is 1. The molecule has 6 heteroatoms. The Labute approximate surface area is 242 Å². The number of hydrogen-bond acceptors (Lipinski definition) is 3. The summed E-state index contributed by atoms with van der Waals surface area (Å²) in [7, 11) is 0. The summed E-state index contributed by atoms with van der Waals surface area (Å²) in [4.78, 5) is 30.1. The molecule has 0 unspecified atom stereocenters. The van der Waals surface area contributed by atoms with Gasteiger partial charge in [0.2, 0.25) is 0 Å². The van der Waals surface area contributed by atoms with Crippen molar-refractivity contribution in [2.24, 2.45) is 5.73 Å². The van der Waals surface area contributed by atoms with E-state index in [2.05, 4.69) is 24.4 Å². The van der Waals surface area contributed by atoms with Gasteiger partial charge >= 0.3 is 6.03 Å². The zero-order chi connectivity index (χ0) is 28.6. The van der Waals surface area contributed by atoms with Crippen LogP contribution in [0.4, 0.5) is 10.5 Å². The molecule has 216 valence electrons. The smallest absolute Gasteiger partial charge is 0.316 e. The summed E-state index contributed by atoms with van der Waals surface area (Å²) in [5.41, 5.74) is 9.44. The number of imidazole rings is 1. The first-order valence-corrected chi connectivity index (χ1v) is 15.8. The SMILES string of the molecule is CCCCCCCCCCCCCCCCc1ccc2nc3c4ccc(NC(N)=O)c5cccc(c(=O)n3c2c1)c54. The van der Waals surface area contributed by atoms with Gasteiger partial charge in [0.25, 0.3) is 5.56 Å². The molecule has 0 atom stereocenters. The molecule has 0 aliphatic carbocycles. The van der Waals surface area contributed by atoms with Crippen LogP contribution in [0.1, 0.15) is 102 Å². The number of carbonyl (C=O) groups excluding carboxylic acids is 1. The molecule has 2 amide bonds. The van der Waals surface area contributed by atoms with Gasteiger partial charge in [0.05, 0.1) is 16.7 Å². The van der Waals surface area contributed by atoms with Gasteiger partial charge in [-0.3, -0.25) is 9.20 Å². The van der Waals surface area contributed by atoms with Crippen molar-refractivity contribution in [3.63, 3.8) is 0 Å². The molecule has 0 fully saturated rings. The largest absolute Gasteiger partial charge is 0.351 e. The Morgan fingerprint density at radius 3 is 2.07 bits per heavy atom. The molecule has 2 aromatic heterocycles. The maximum absolute atomic E-state index is 13.7. The molecule has 6 nitrogen and oxygen atoms in total. The predicted molar refractivity (Wildman–Crippen MR) is 172 cm³/mol. The van der Waals surface area contributed by atoms with Crippen molar-refractivity contribution in [1.82, 2.24) is 9.38 Å². The second-order valence-electron chi connectivity index (χ2n) is 11.6. The van der Waals surface area contributed by atoms with Gasteiger partial charge in [0.15, 0.2) is 0 Å². The number of anilines is 1. The molecular formula is C35H44N4O2. The number of benzene rings is 3. The van der Waals surface area contributed by atoms with E-state index in [1.165, 1.54) is 89.0 Å². The first-order chi connectivity index (χ1) is 20.1. The molecule has 5 rings (SSSR count). The second kappa shape index (κ2) is 13.8. The normalized spacial score (nSPS) is 11.8. The lowest BCUT2D eigenvalue weighted by molar-refractivity contribution is 0.259.